The SMILES string of the molecule is c1ccc(CN2CCC([C@H]3Nc4ccccc4C(c4ccccc4)(c4ccccc4)O3)CC2)cc1. The van der Waals surface area contributed by atoms with Crippen LogP contribution in [0.2, 0.25) is 0 Å². The number of anilines is 1. The zero-order chi connectivity index (χ0) is 23.5. The minimum absolute atomic E-state index is 0.0517. The molecule has 0 spiro atoms. The normalized spacial score (nSPS) is 20.1. The Kier molecular flexibility index (Phi) is 6.12. The van der Waals surface area contributed by atoms with Gasteiger partial charge >= 0.3 is 0 Å². The first-order chi connectivity index (χ1) is 17.3. The van der Waals surface area contributed by atoms with Crippen molar-refractivity contribution in [3.8, 4) is 0 Å². The van der Waals surface area contributed by atoms with Crippen molar-refractivity contribution in [2.75, 3.05) is 18.4 Å². The molecule has 2 aliphatic heterocycles. The molecule has 1 saturated heterocycles. The molecular weight excluding hydrogens is 428 g/mol. The van der Waals surface area contributed by atoms with E-state index in [-0.39, 0.29) is 6.23 Å². The smallest absolute Gasteiger partial charge is 0.148 e. The van der Waals surface area contributed by atoms with Crippen molar-refractivity contribution in [1.29, 1.82) is 0 Å². The fourth-order valence-corrected chi connectivity index (χ4v) is 5.78. The molecule has 6 rings (SSSR count). The van der Waals surface area contributed by atoms with Crippen LogP contribution in [-0.4, -0.2) is 24.2 Å². The Balaban J connectivity index is 1.32. The monoisotopic (exact) mass is 460 g/mol. The Bertz CT molecular complexity index is 1190. The number of nitrogens with zero attached hydrogens (tertiary/aromatic N) is 1. The molecule has 0 bridgehead atoms. The summed E-state index contributed by atoms with van der Waals surface area (Å²) >= 11 is 0. The summed E-state index contributed by atoms with van der Waals surface area (Å²) in [6.45, 7) is 3.20. The molecule has 1 atom stereocenters. The number of rotatable bonds is 5. The lowest BCUT2D eigenvalue weighted by Crippen LogP contribution is -2.49. The highest BCUT2D eigenvalue weighted by atomic mass is 16.5. The van der Waals surface area contributed by atoms with Gasteiger partial charge < -0.3 is 10.1 Å². The van der Waals surface area contributed by atoms with E-state index in [2.05, 4.69) is 125 Å². The highest BCUT2D eigenvalue weighted by Gasteiger charge is 2.46. The molecule has 35 heavy (non-hydrogen) atoms. The van der Waals surface area contributed by atoms with E-state index in [0.717, 1.165) is 32.5 Å². The molecule has 0 radical (unpaired) electrons. The predicted octanol–water partition coefficient (Wildman–Crippen LogP) is 6.66. The summed E-state index contributed by atoms with van der Waals surface area (Å²) in [7, 11) is 0. The minimum atomic E-state index is -0.643. The molecule has 0 aliphatic carbocycles. The maximum absolute atomic E-state index is 7.24. The predicted molar refractivity (Wildman–Crippen MR) is 142 cm³/mol. The Morgan fingerprint density at radius 2 is 1.23 bits per heavy atom. The molecule has 176 valence electrons. The first kappa shape index (κ1) is 22.1. The highest BCUT2D eigenvalue weighted by Crippen LogP contribution is 2.48. The summed E-state index contributed by atoms with van der Waals surface area (Å²) in [6.07, 6.45) is 2.18. The van der Waals surface area contributed by atoms with Crippen LogP contribution in [0.1, 0.15) is 35.1 Å². The maximum Gasteiger partial charge on any atom is 0.148 e. The van der Waals surface area contributed by atoms with Crippen molar-refractivity contribution in [2.24, 2.45) is 5.92 Å². The van der Waals surface area contributed by atoms with E-state index in [4.69, 9.17) is 4.74 Å². The second-order valence-corrected chi connectivity index (χ2v) is 9.74. The molecule has 3 nitrogen and oxygen atoms in total. The van der Waals surface area contributed by atoms with Crippen LogP contribution in [0.3, 0.4) is 0 Å². The molecular formula is C32H32N2O. The van der Waals surface area contributed by atoms with Crippen LogP contribution >= 0.6 is 0 Å². The van der Waals surface area contributed by atoms with Gasteiger partial charge in [-0.3, -0.25) is 4.90 Å². The van der Waals surface area contributed by atoms with Crippen molar-refractivity contribution in [1.82, 2.24) is 4.90 Å². The minimum Gasteiger partial charge on any atom is -0.360 e. The van der Waals surface area contributed by atoms with Crippen LogP contribution in [0.5, 0.6) is 0 Å². The van der Waals surface area contributed by atoms with Gasteiger partial charge in [0.1, 0.15) is 11.8 Å². The fraction of sp³-hybridized carbons (Fsp3) is 0.250. The average molecular weight is 461 g/mol. The number of ether oxygens (including phenoxy) is 1. The molecule has 1 N–H and O–H groups in total. The van der Waals surface area contributed by atoms with Gasteiger partial charge in [-0.25, -0.2) is 0 Å². The summed E-state index contributed by atoms with van der Waals surface area (Å²) in [5.41, 5.74) is 5.44. The lowest BCUT2D eigenvalue weighted by Gasteiger charge is -2.47. The van der Waals surface area contributed by atoms with Crippen molar-refractivity contribution < 1.29 is 4.74 Å². The van der Waals surface area contributed by atoms with Gasteiger partial charge in [-0.2, -0.15) is 0 Å². The number of likely N-dealkylation sites (tertiary alicyclic amines) is 1. The number of hydrogen-bond donors (Lipinski definition) is 1. The third-order valence-corrected chi connectivity index (χ3v) is 7.58. The number of benzene rings is 4. The number of hydrogen-bond acceptors (Lipinski definition) is 3. The van der Waals surface area contributed by atoms with Crippen LogP contribution in [0, 0.1) is 5.92 Å². The Morgan fingerprint density at radius 3 is 1.86 bits per heavy atom. The van der Waals surface area contributed by atoms with E-state index in [0.29, 0.717) is 5.92 Å². The average Bonchev–Trinajstić information content (AvgIpc) is 2.94. The summed E-state index contributed by atoms with van der Waals surface area (Å²) in [6, 6.07) is 40.9. The third kappa shape index (κ3) is 4.27. The number of nitrogens with one attached hydrogen (secondary N) is 1. The molecule has 2 heterocycles. The van der Waals surface area contributed by atoms with Gasteiger partial charge in [-0.1, -0.05) is 109 Å². The second kappa shape index (κ2) is 9.69. The maximum atomic E-state index is 7.24. The molecule has 0 aromatic heterocycles. The number of para-hydroxylation sites is 1. The lowest BCUT2D eigenvalue weighted by molar-refractivity contribution is -0.0781. The molecule has 3 heteroatoms. The van der Waals surface area contributed by atoms with Crippen LogP contribution in [0.25, 0.3) is 0 Å². The van der Waals surface area contributed by atoms with Gasteiger partial charge in [-0.15, -0.1) is 0 Å². The first-order valence-corrected chi connectivity index (χ1v) is 12.7. The molecule has 1 fully saturated rings. The van der Waals surface area contributed by atoms with Gasteiger partial charge in [0, 0.05) is 23.7 Å². The third-order valence-electron chi connectivity index (χ3n) is 7.58. The quantitative estimate of drug-likeness (QED) is 0.360. The topological polar surface area (TPSA) is 24.5 Å². The van der Waals surface area contributed by atoms with E-state index < -0.39 is 5.60 Å². The van der Waals surface area contributed by atoms with Crippen LogP contribution in [0.15, 0.2) is 115 Å². The highest BCUT2D eigenvalue weighted by molar-refractivity contribution is 5.63. The van der Waals surface area contributed by atoms with Crippen molar-refractivity contribution >= 4 is 5.69 Å². The zero-order valence-corrected chi connectivity index (χ0v) is 20.0. The molecule has 0 saturated carbocycles. The Hall–Kier alpha value is -3.40. The fourth-order valence-electron chi connectivity index (χ4n) is 5.78. The zero-order valence-electron chi connectivity index (χ0n) is 20.0. The molecule has 4 aromatic rings. The van der Waals surface area contributed by atoms with Gasteiger partial charge in [0.2, 0.25) is 0 Å². The second-order valence-electron chi connectivity index (χ2n) is 9.74. The lowest BCUT2D eigenvalue weighted by atomic mass is 9.77. The van der Waals surface area contributed by atoms with E-state index in [1.807, 2.05) is 0 Å². The molecule has 2 aliphatic rings. The van der Waals surface area contributed by atoms with Gasteiger partial charge in [0.25, 0.3) is 0 Å². The van der Waals surface area contributed by atoms with E-state index in [9.17, 15) is 0 Å². The largest absolute Gasteiger partial charge is 0.360 e. The first-order valence-electron chi connectivity index (χ1n) is 12.7. The summed E-state index contributed by atoms with van der Waals surface area (Å²) in [5, 5.41) is 3.78. The van der Waals surface area contributed by atoms with Crippen LogP contribution < -0.4 is 5.32 Å². The van der Waals surface area contributed by atoms with E-state index >= 15 is 0 Å². The van der Waals surface area contributed by atoms with Crippen LogP contribution in [0.4, 0.5) is 5.69 Å². The number of piperidine rings is 1. The standard InChI is InChI=1S/C32H32N2O/c1-4-12-25(13-5-1)24-34-22-20-26(21-23-34)31-33-30-19-11-10-18-29(30)32(35-31,27-14-6-2-7-15-27)28-16-8-3-9-17-28/h1-19,26,31,33H,20-24H2/t31-/m0/s1. The van der Waals surface area contributed by atoms with E-state index in [1.54, 1.807) is 0 Å². The summed E-state index contributed by atoms with van der Waals surface area (Å²) < 4.78 is 7.24. The van der Waals surface area contributed by atoms with Gasteiger partial charge in [0.15, 0.2) is 0 Å². The molecule has 0 unspecified atom stereocenters. The Morgan fingerprint density at radius 1 is 0.686 bits per heavy atom. The molecule has 4 aromatic carbocycles. The summed E-state index contributed by atoms with van der Waals surface area (Å²) in [4.78, 5) is 2.57. The van der Waals surface area contributed by atoms with Crippen molar-refractivity contribution in [3.63, 3.8) is 0 Å². The van der Waals surface area contributed by atoms with Crippen LogP contribution in [-0.2, 0) is 16.9 Å². The Labute approximate surface area is 208 Å². The van der Waals surface area contributed by atoms with Gasteiger partial charge in [-0.05, 0) is 48.7 Å². The molecule has 0 amide bonds. The van der Waals surface area contributed by atoms with Gasteiger partial charge in [0.05, 0.1) is 0 Å². The van der Waals surface area contributed by atoms with Crippen molar-refractivity contribution in [2.45, 2.75) is 31.2 Å². The van der Waals surface area contributed by atoms with E-state index in [1.165, 1.54) is 27.9 Å². The number of fused-ring (bicyclic) bond motifs is 1. The summed E-state index contributed by atoms with van der Waals surface area (Å²) in [5.74, 6) is 0.446. The van der Waals surface area contributed by atoms with Crippen molar-refractivity contribution in [3.05, 3.63) is 138 Å².